The number of unbranched alkanes of at least 4 members (excludes halogenated alkanes) is 5. The molecule has 5 heteroatoms. The van der Waals surface area contributed by atoms with E-state index in [1.54, 1.807) is 6.33 Å². The van der Waals surface area contributed by atoms with Crippen LogP contribution >= 0.6 is 0 Å². The maximum absolute atomic E-state index is 13.0. The predicted octanol–water partition coefficient (Wildman–Crippen LogP) is 9.50. The van der Waals surface area contributed by atoms with Gasteiger partial charge in [0.15, 0.2) is 0 Å². The quantitative estimate of drug-likeness (QED) is 0.151. The fraction of sp³-hybridized carbons (Fsp3) is 0.925. The zero-order chi connectivity index (χ0) is 32.1. The van der Waals surface area contributed by atoms with E-state index in [9.17, 15) is 5.11 Å². The third-order valence-corrected chi connectivity index (χ3v) is 14.2. The van der Waals surface area contributed by atoms with Gasteiger partial charge in [0, 0.05) is 43.6 Å². The molecule has 1 aromatic heterocycles. The summed E-state index contributed by atoms with van der Waals surface area (Å²) in [5.41, 5.74) is 0.786. The average Bonchev–Trinajstić information content (AvgIpc) is 3.65. The van der Waals surface area contributed by atoms with Crippen LogP contribution in [-0.4, -0.2) is 46.0 Å². The Kier molecular flexibility index (Phi) is 12.2. The highest BCUT2D eigenvalue weighted by Crippen LogP contribution is 2.69. The van der Waals surface area contributed by atoms with Crippen molar-refractivity contribution in [3.05, 3.63) is 18.2 Å². The molecule has 4 fully saturated rings. The molecule has 0 aromatic carbocycles. The Hall–Kier alpha value is -0.910. The van der Waals surface area contributed by atoms with E-state index in [0.717, 1.165) is 81.0 Å². The zero-order valence-corrected chi connectivity index (χ0v) is 30.2. The maximum atomic E-state index is 13.0. The summed E-state index contributed by atoms with van der Waals surface area (Å²) < 4.78 is 6.57. The number of nitrogens with one attached hydrogen (secondary N) is 2. The van der Waals surface area contributed by atoms with Gasteiger partial charge in [-0.05, 0) is 92.3 Å². The Morgan fingerprint density at radius 3 is 2.53 bits per heavy atom. The van der Waals surface area contributed by atoms with E-state index in [1.165, 1.54) is 77.0 Å². The molecule has 5 rings (SSSR count). The second kappa shape index (κ2) is 15.5. The highest BCUT2D eigenvalue weighted by Gasteiger charge is 2.67. The van der Waals surface area contributed by atoms with Gasteiger partial charge in [-0.1, -0.05) is 92.9 Å². The van der Waals surface area contributed by atoms with Crippen LogP contribution in [0.2, 0.25) is 0 Å². The normalized spacial score (nSPS) is 38.6. The molecule has 3 N–H and O–H groups in total. The third-order valence-electron chi connectivity index (χ3n) is 14.2. The SMILES string of the molecule is CCCCCCCCO[C@H]1CC[C@]2(C)[C@H]3CC[C@]4(C)[C@@H]([C@H](C)CCCC(C)C)CC[C@H]4[C@@H]3C[C@@H](NCCc3c[nH]cn3)[C@@]2(O)C1. The van der Waals surface area contributed by atoms with E-state index >= 15 is 0 Å². The highest BCUT2D eigenvalue weighted by molar-refractivity contribution is 5.19. The fourth-order valence-electron chi connectivity index (χ4n) is 11.6. The Morgan fingerprint density at radius 1 is 0.978 bits per heavy atom. The van der Waals surface area contributed by atoms with Crippen LogP contribution in [0.25, 0.3) is 0 Å². The largest absolute Gasteiger partial charge is 0.388 e. The summed E-state index contributed by atoms with van der Waals surface area (Å²) in [5.74, 6) is 4.64. The van der Waals surface area contributed by atoms with Gasteiger partial charge in [-0.25, -0.2) is 4.98 Å². The van der Waals surface area contributed by atoms with E-state index in [1.807, 2.05) is 6.20 Å². The van der Waals surface area contributed by atoms with E-state index < -0.39 is 5.60 Å². The molecule has 1 heterocycles. The smallest absolute Gasteiger partial charge is 0.0923 e. The van der Waals surface area contributed by atoms with Crippen LogP contribution < -0.4 is 5.32 Å². The van der Waals surface area contributed by atoms with Gasteiger partial charge in [0.2, 0.25) is 0 Å². The molecule has 0 amide bonds. The van der Waals surface area contributed by atoms with Crippen molar-refractivity contribution in [3.8, 4) is 0 Å². The maximum Gasteiger partial charge on any atom is 0.0923 e. The van der Waals surface area contributed by atoms with Crippen LogP contribution in [0.1, 0.15) is 156 Å². The highest BCUT2D eigenvalue weighted by atomic mass is 16.5. The van der Waals surface area contributed by atoms with Crippen LogP contribution in [0.5, 0.6) is 0 Å². The van der Waals surface area contributed by atoms with Gasteiger partial charge in [0.05, 0.1) is 23.7 Å². The average molecular weight is 626 g/mol. The molecule has 10 atom stereocenters. The second-order valence-electron chi connectivity index (χ2n) is 17.3. The van der Waals surface area contributed by atoms with Crippen LogP contribution in [0.4, 0.5) is 0 Å². The zero-order valence-electron chi connectivity index (χ0n) is 30.2. The molecule has 4 aliphatic rings. The molecule has 0 bridgehead atoms. The van der Waals surface area contributed by atoms with Crippen LogP contribution in [0, 0.1) is 46.3 Å². The number of H-pyrrole nitrogens is 1. The summed E-state index contributed by atoms with van der Waals surface area (Å²) in [4.78, 5) is 7.60. The number of hydrogen-bond donors (Lipinski definition) is 3. The predicted molar refractivity (Wildman–Crippen MR) is 187 cm³/mol. The molecule has 4 aliphatic carbocycles. The number of ether oxygens (including phenoxy) is 1. The van der Waals surface area contributed by atoms with E-state index in [4.69, 9.17) is 4.74 Å². The molecule has 0 spiro atoms. The van der Waals surface area contributed by atoms with E-state index in [-0.39, 0.29) is 17.6 Å². The van der Waals surface area contributed by atoms with Gasteiger partial charge in [-0.3, -0.25) is 0 Å². The minimum absolute atomic E-state index is 0.0533. The topological polar surface area (TPSA) is 70.2 Å². The van der Waals surface area contributed by atoms with Crippen molar-refractivity contribution < 1.29 is 9.84 Å². The number of fused-ring (bicyclic) bond motifs is 5. The summed E-state index contributed by atoms with van der Waals surface area (Å²) in [6, 6.07) is 0.119. The Labute approximate surface area is 277 Å². The van der Waals surface area contributed by atoms with Gasteiger partial charge in [-0.15, -0.1) is 0 Å². The molecule has 4 saturated carbocycles. The summed E-state index contributed by atoms with van der Waals surface area (Å²) in [5, 5.41) is 17.0. The molecule has 0 aliphatic heterocycles. The number of aromatic nitrogens is 2. The minimum Gasteiger partial charge on any atom is -0.388 e. The summed E-state index contributed by atoms with van der Waals surface area (Å²) in [6.45, 7) is 16.5. The first kappa shape index (κ1) is 35.4. The number of hydrogen-bond acceptors (Lipinski definition) is 4. The number of aromatic amines is 1. The van der Waals surface area contributed by atoms with Crippen molar-refractivity contribution in [1.82, 2.24) is 15.3 Å². The van der Waals surface area contributed by atoms with Crippen molar-refractivity contribution in [2.75, 3.05) is 13.2 Å². The first-order valence-corrected chi connectivity index (χ1v) is 19.7. The Morgan fingerprint density at radius 2 is 1.78 bits per heavy atom. The van der Waals surface area contributed by atoms with Crippen molar-refractivity contribution in [2.45, 2.75) is 175 Å². The lowest BCUT2D eigenvalue weighted by molar-refractivity contribution is -0.238. The molecule has 0 saturated heterocycles. The standard InChI is InChI=1S/C40H71N3O2/c1-7-8-9-10-11-12-24-45-32-18-22-39(6)36-19-21-38(5)34(30(4)15-13-14-29(2)3)16-17-35(38)33(36)25-37(40(39,44)26-32)42-23-20-31-27-41-28-43-31/h27-30,32-37,42,44H,7-26H2,1-6H3,(H,41,43)/t30-,32+,33+,34-,35+,36+,37-,38-,39-,40+/m1/s1. The fourth-order valence-corrected chi connectivity index (χ4v) is 11.6. The molecular weight excluding hydrogens is 554 g/mol. The lowest BCUT2D eigenvalue weighted by Crippen LogP contribution is -2.71. The van der Waals surface area contributed by atoms with Crippen LogP contribution in [-0.2, 0) is 11.2 Å². The minimum atomic E-state index is -0.723. The third kappa shape index (κ3) is 7.56. The van der Waals surface area contributed by atoms with Crippen molar-refractivity contribution in [2.24, 2.45) is 46.3 Å². The van der Waals surface area contributed by atoms with Crippen molar-refractivity contribution in [3.63, 3.8) is 0 Å². The molecule has 258 valence electrons. The number of nitrogens with zero attached hydrogens (tertiary/aromatic N) is 1. The van der Waals surface area contributed by atoms with Crippen LogP contribution in [0.3, 0.4) is 0 Å². The monoisotopic (exact) mass is 626 g/mol. The number of rotatable bonds is 17. The Balaban J connectivity index is 1.29. The van der Waals surface area contributed by atoms with Crippen molar-refractivity contribution >= 4 is 0 Å². The van der Waals surface area contributed by atoms with E-state index in [2.05, 4.69) is 56.8 Å². The van der Waals surface area contributed by atoms with Gasteiger partial charge >= 0.3 is 0 Å². The summed E-state index contributed by atoms with van der Waals surface area (Å²) >= 11 is 0. The number of aliphatic hydroxyl groups is 1. The molecule has 1 aromatic rings. The molecule has 0 radical (unpaired) electrons. The van der Waals surface area contributed by atoms with Crippen molar-refractivity contribution in [1.29, 1.82) is 0 Å². The summed E-state index contributed by atoms with van der Waals surface area (Å²) in [7, 11) is 0. The molecular formula is C40H71N3O2. The van der Waals surface area contributed by atoms with Gasteiger partial charge in [0.25, 0.3) is 0 Å². The lowest BCUT2D eigenvalue weighted by atomic mass is 9.42. The second-order valence-corrected chi connectivity index (χ2v) is 17.3. The molecule has 5 nitrogen and oxygen atoms in total. The lowest BCUT2D eigenvalue weighted by Gasteiger charge is -2.66. The van der Waals surface area contributed by atoms with Gasteiger partial charge < -0.3 is 20.1 Å². The van der Waals surface area contributed by atoms with Gasteiger partial charge in [0.1, 0.15) is 0 Å². The number of imidazole rings is 1. The first-order chi connectivity index (χ1) is 21.6. The summed E-state index contributed by atoms with van der Waals surface area (Å²) in [6.07, 6.45) is 26.4. The van der Waals surface area contributed by atoms with Gasteiger partial charge in [-0.2, -0.15) is 0 Å². The van der Waals surface area contributed by atoms with E-state index in [0.29, 0.717) is 17.3 Å². The Bertz CT molecular complexity index is 1010. The molecule has 45 heavy (non-hydrogen) atoms. The molecule has 0 unspecified atom stereocenters. The first-order valence-electron chi connectivity index (χ1n) is 19.7. The van der Waals surface area contributed by atoms with Crippen LogP contribution in [0.15, 0.2) is 12.5 Å².